The Bertz CT molecular complexity index is 983. The van der Waals surface area contributed by atoms with Crippen molar-refractivity contribution in [2.45, 2.75) is 0 Å². The smallest absolute Gasteiger partial charge is 0.278 e. The minimum Gasteiger partial charge on any atom is -0.378 e. The maximum atomic E-state index is 12.7. The summed E-state index contributed by atoms with van der Waals surface area (Å²) < 4.78 is 10.7. The molecule has 29 heavy (non-hydrogen) atoms. The van der Waals surface area contributed by atoms with E-state index in [1.165, 1.54) is 0 Å². The SMILES string of the molecule is CN(C)c1nc(N2CCOCC2)ncc1NC(=O)c1cc(-c2ccccc2)on1. The minimum atomic E-state index is -0.387. The molecule has 1 aliphatic heterocycles. The zero-order chi connectivity index (χ0) is 20.2. The van der Waals surface area contributed by atoms with Gasteiger partial charge < -0.3 is 24.4 Å². The van der Waals surface area contributed by atoms with Crippen LogP contribution in [0.25, 0.3) is 11.3 Å². The molecule has 0 bridgehead atoms. The second kappa shape index (κ2) is 8.27. The molecular weight excluding hydrogens is 372 g/mol. The molecule has 1 aliphatic rings. The number of carbonyl (C=O) groups is 1. The maximum absolute atomic E-state index is 12.7. The molecule has 0 unspecified atom stereocenters. The quantitative estimate of drug-likeness (QED) is 0.704. The molecule has 4 rings (SSSR count). The molecule has 1 N–H and O–H groups in total. The van der Waals surface area contributed by atoms with Gasteiger partial charge in [-0.05, 0) is 0 Å². The molecule has 2 aromatic heterocycles. The molecule has 3 aromatic rings. The van der Waals surface area contributed by atoms with E-state index in [1.54, 1.807) is 12.3 Å². The van der Waals surface area contributed by atoms with Gasteiger partial charge in [-0.2, -0.15) is 4.98 Å². The van der Waals surface area contributed by atoms with E-state index >= 15 is 0 Å². The monoisotopic (exact) mass is 394 g/mol. The van der Waals surface area contributed by atoms with E-state index in [9.17, 15) is 4.79 Å². The standard InChI is InChI=1S/C20H22N6O3/c1-25(2)18-16(13-21-20(23-18)26-8-10-28-11-9-26)22-19(27)15-12-17(29-24-15)14-6-4-3-5-7-14/h3-7,12-13H,8-11H2,1-2H3,(H,22,27). The highest BCUT2D eigenvalue weighted by Crippen LogP contribution is 2.25. The van der Waals surface area contributed by atoms with Crippen molar-refractivity contribution >= 4 is 23.4 Å². The van der Waals surface area contributed by atoms with E-state index in [0.29, 0.717) is 36.4 Å². The zero-order valence-corrected chi connectivity index (χ0v) is 16.3. The van der Waals surface area contributed by atoms with Crippen LogP contribution in [-0.4, -0.2) is 61.4 Å². The van der Waals surface area contributed by atoms with Gasteiger partial charge in [0.1, 0.15) is 5.69 Å². The van der Waals surface area contributed by atoms with Crippen LogP contribution in [0.1, 0.15) is 10.5 Å². The zero-order valence-electron chi connectivity index (χ0n) is 16.3. The average molecular weight is 394 g/mol. The fourth-order valence-electron chi connectivity index (χ4n) is 3.02. The lowest BCUT2D eigenvalue weighted by Gasteiger charge is -2.28. The summed E-state index contributed by atoms with van der Waals surface area (Å²) >= 11 is 0. The van der Waals surface area contributed by atoms with Crippen molar-refractivity contribution < 1.29 is 14.1 Å². The van der Waals surface area contributed by atoms with E-state index in [0.717, 1.165) is 18.7 Å². The Balaban J connectivity index is 1.54. The summed E-state index contributed by atoms with van der Waals surface area (Å²) in [6, 6.07) is 11.1. The van der Waals surface area contributed by atoms with Crippen molar-refractivity contribution in [3.05, 3.63) is 48.3 Å². The third kappa shape index (κ3) is 4.19. The highest BCUT2D eigenvalue weighted by Gasteiger charge is 2.20. The second-order valence-electron chi connectivity index (χ2n) is 6.80. The van der Waals surface area contributed by atoms with Crippen LogP contribution in [-0.2, 0) is 4.74 Å². The molecule has 0 spiro atoms. The Morgan fingerprint density at radius 1 is 1.17 bits per heavy atom. The molecule has 0 aliphatic carbocycles. The van der Waals surface area contributed by atoms with Gasteiger partial charge in [0, 0.05) is 38.8 Å². The first-order valence-electron chi connectivity index (χ1n) is 9.32. The first kappa shape index (κ1) is 18.9. The number of ether oxygens (including phenoxy) is 1. The van der Waals surface area contributed by atoms with Gasteiger partial charge in [-0.1, -0.05) is 35.5 Å². The van der Waals surface area contributed by atoms with Crippen molar-refractivity contribution in [3.8, 4) is 11.3 Å². The molecule has 9 heteroatoms. The van der Waals surface area contributed by atoms with Gasteiger partial charge in [0.2, 0.25) is 5.95 Å². The summed E-state index contributed by atoms with van der Waals surface area (Å²) in [6.45, 7) is 2.77. The highest BCUT2D eigenvalue weighted by molar-refractivity contribution is 6.04. The molecule has 1 amide bonds. The third-order valence-electron chi connectivity index (χ3n) is 4.52. The number of rotatable bonds is 5. The Morgan fingerprint density at radius 3 is 2.66 bits per heavy atom. The maximum Gasteiger partial charge on any atom is 0.278 e. The lowest BCUT2D eigenvalue weighted by molar-refractivity contribution is 0.101. The van der Waals surface area contributed by atoms with Crippen molar-refractivity contribution in [2.24, 2.45) is 0 Å². The molecule has 1 saturated heterocycles. The predicted molar refractivity (Wildman–Crippen MR) is 109 cm³/mol. The van der Waals surface area contributed by atoms with Gasteiger partial charge >= 0.3 is 0 Å². The van der Waals surface area contributed by atoms with Crippen molar-refractivity contribution in [2.75, 3.05) is 55.5 Å². The Morgan fingerprint density at radius 2 is 1.93 bits per heavy atom. The Hall–Kier alpha value is -3.46. The molecule has 0 radical (unpaired) electrons. The van der Waals surface area contributed by atoms with Crippen LogP contribution in [0.3, 0.4) is 0 Å². The van der Waals surface area contributed by atoms with Crippen molar-refractivity contribution in [1.29, 1.82) is 0 Å². The van der Waals surface area contributed by atoms with Gasteiger partial charge in [0.25, 0.3) is 5.91 Å². The number of hydrogen-bond acceptors (Lipinski definition) is 8. The van der Waals surface area contributed by atoms with E-state index in [4.69, 9.17) is 9.26 Å². The van der Waals surface area contributed by atoms with Gasteiger partial charge in [-0.15, -0.1) is 0 Å². The molecule has 3 heterocycles. The topological polar surface area (TPSA) is 96.6 Å². The van der Waals surface area contributed by atoms with Crippen molar-refractivity contribution in [3.63, 3.8) is 0 Å². The number of aromatic nitrogens is 3. The number of carbonyl (C=O) groups excluding carboxylic acids is 1. The van der Waals surface area contributed by atoms with Gasteiger partial charge in [-0.3, -0.25) is 4.79 Å². The van der Waals surface area contributed by atoms with E-state index in [2.05, 4.69) is 25.3 Å². The first-order valence-corrected chi connectivity index (χ1v) is 9.32. The molecule has 1 aromatic carbocycles. The van der Waals surface area contributed by atoms with Crippen LogP contribution < -0.4 is 15.1 Å². The summed E-state index contributed by atoms with van der Waals surface area (Å²) in [5.41, 5.74) is 1.54. The summed E-state index contributed by atoms with van der Waals surface area (Å²) in [4.78, 5) is 25.6. The number of amides is 1. The number of anilines is 3. The summed E-state index contributed by atoms with van der Waals surface area (Å²) in [5.74, 6) is 1.37. The fourth-order valence-corrected chi connectivity index (χ4v) is 3.02. The first-order chi connectivity index (χ1) is 14.1. The number of nitrogens with zero attached hydrogens (tertiary/aromatic N) is 5. The van der Waals surface area contributed by atoms with Crippen LogP contribution in [0.2, 0.25) is 0 Å². The minimum absolute atomic E-state index is 0.186. The normalized spacial score (nSPS) is 13.9. The van der Waals surface area contributed by atoms with Crippen LogP contribution in [0.15, 0.2) is 47.1 Å². The highest BCUT2D eigenvalue weighted by atomic mass is 16.5. The molecule has 0 saturated carbocycles. The largest absolute Gasteiger partial charge is 0.378 e. The van der Waals surface area contributed by atoms with Gasteiger partial charge in [0.05, 0.1) is 19.4 Å². The van der Waals surface area contributed by atoms with Crippen LogP contribution >= 0.6 is 0 Å². The van der Waals surface area contributed by atoms with Crippen LogP contribution in [0, 0.1) is 0 Å². The van der Waals surface area contributed by atoms with Crippen LogP contribution in [0.4, 0.5) is 17.5 Å². The van der Waals surface area contributed by atoms with E-state index < -0.39 is 0 Å². The van der Waals surface area contributed by atoms with Crippen molar-refractivity contribution in [1.82, 2.24) is 15.1 Å². The Kier molecular flexibility index (Phi) is 5.39. The molecule has 1 fully saturated rings. The Labute approximate surface area is 168 Å². The summed E-state index contributed by atoms with van der Waals surface area (Å²) in [7, 11) is 3.73. The predicted octanol–water partition coefficient (Wildman–Crippen LogP) is 2.29. The molecule has 9 nitrogen and oxygen atoms in total. The molecule has 150 valence electrons. The average Bonchev–Trinajstić information content (AvgIpc) is 3.26. The van der Waals surface area contributed by atoms with E-state index in [-0.39, 0.29) is 11.6 Å². The molecule has 0 atom stereocenters. The molecular formula is C20H22N6O3. The summed E-state index contributed by atoms with van der Waals surface area (Å²) in [5, 5.41) is 6.72. The van der Waals surface area contributed by atoms with Crippen LogP contribution in [0.5, 0.6) is 0 Å². The third-order valence-corrected chi connectivity index (χ3v) is 4.52. The lowest BCUT2D eigenvalue weighted by atomic mass is 10.1. The number of morpholine rings is 1. The second-order valence-corrected chi connectivity index (χ2v) is 6.80. The van der Waals surface area contributed by atoms with Gasteiger partial charge in [0.15, 0.2) is 17.3 Å². The van der Waals surface area contributed by atoms with E-state index in [1.807, 2.05) is 49.3 Å². The number of nitrogens with one attached hydrogen (secondary N) is 1. The lowest BCUT2D eigenvalue weighted by Crippen LogP contribution is -2.37. The van der Waals surface area contributed by atoms with Gasteiger partial charge in [-0.25, -0.2) is 4.98 Å². The number of benzene rings is 1. The summed E-state index contributed by atoms with van der Waals surface area (Å²) in [6.07, 6.45) is 1.61. The fraction of sp³-hybridized carbons (Fsp3) is 0.300. The number of hydrogen-bond donors (Lipinski definition) is 1.